The predicted molar refractivity (Wildman–Crippen MR) is 197 cm³/mol. The van der Waals surface area contributed by atoms with Crippen molar-refractivity contribution in [3.8, 4) is 5.75 Å². The maximum atomic E-state index is 14.2. The Bertz CT molecular complexity index is 1630. The molecular formula is C39H55N5O5S. The Balaban J connectivity index is 1.19. The van der Waals surface area contributed by atoms with Gasteiger partial charge in [-0.2, -0.15) is 0 Å². The van der Waals surface area contributed by atoms with Crippen molar-refractivity contribution in [3.63, 3.8) is 0 Å². The van der Waals surface area contributed by atoms with Crippen molar-refractivity contribution in [2.45, 2.75) is 97.3 Å². The molecule has 0 unspecified atom stereocenters. The molecule has 2 atom stereocenters. The van der Waals surface area contributed by atoms with Crippen LogP contribution in [0.5, 0.6) is 5.75 Å². The number of hydrogen-bond acceptors (Lipinski definition) is 8. The summed E-state index contributed by atoms with van der Waals surface area (Å²) in [4.78, 5) is 51.9. The Labute approximate surface area is 301 Å². The minimum Gasteiger partial charge on any atom is -0.497 e. The number of methoxy groups -OCH3 is 1. The van der Waals surface area contributed by atoms with Gasteiger partial charge in [0.15, 0.2) is 5.76 Å². The molecule has 1 N–H and O–H groups in total. The molecule has 6 rings (SSSR count). The van der Waals surface area contributed by atoms with Crippen LogP contribution in [0.2, 0.25) is 0 Å². The zero-order chi connectivity index (χ0) is 35.2. The lowest BCUT2D eigenvalue weighted by Crippen LogP contribution is -2.46. The number of ether oxygens (including phenoxy) is 1. The molecule has 3 aliphatic rings. The van der Waals surface area contributed by atoms with Gasteiger partial charge in [0.2, 0.25) is 11.8 Å². The number of rotatable bonds is 8. The van der Waals surface area contributed by atoms with Crippen LogP contribution in [0, 0.1) is 12.8 Å². The third-order valence-electron chi connectivity index (χ3n) is 10.5. The highest BCUT2D eigenvalue weighted by molar-refractivity contribution is 7.10. The van der Waals surface area contributed by atoms with Crippen LogP contribution in [-0.4, -0.2) is 102 Å². The Kier molecular flexibility index (Phi) is 12.2. The van der Waals surface area contributed by atoms with E-state index in [2.05, 4.69) is 40.4 Å². The first-order valence-corrected chi connectivity index (χ1v) is 19.5. The number of likely N-dealkylation sites (tertiary alicyclic amines) is 2. The normalized spacial score (nSPS) is 21.8. The van der Waals surface area contributed by atoms with Crippen LogP contribution in [0.15, 0.2) is 34.1 Å². The molecule has 0 spiro atoms. The summed E-state index contributed by atoms with van der Waals surface area (Å²) in [6.45, 7) is 13.6. The zero-order valence-corrected chi connectivity index (χ0v) is 31.2. The third-order valence-corrected chi connectivity index (χ3v) is 11.5. The predicted octanol–water partition coefficient (Wildman–Crippen LogP) is 6.06. The van der Waals surface area contributed by atoms with E-state index < -0.39 is 6.04 Å². The van der Waals surface area contributed by atoms with Crippen molar-refractivity contribution in [1.82, 2.24) is 24.9 Å². The smallest absolute Gasteiger partial charge is 0.290 e. The second-order valence-electron chi connectivity index (χ2n) is 14.9. The molecule has 1 aromatic carbocycles. The maximum absolute atomic E-state index is 14.2. The van der Waals surface area contributed by atoms with Gasteiger partial charge in [-0.15, -0.1) is 11.3 Å². The van der Waals surface area contributed by atoms with Crippen molar-refractivity contribution >= 4 is 40.0 Å². The Morgan fingerprint density at radius 3 is 2.46 bits per heavy atom. The number of nitrogens with zero attached hydrogens (tertiary/aromatic N) is 4. The number of hydrogen-bond donors (Lipinski definition) is 1. The van der Waals surface area contributed by atoms with E-state index in [1.54, 1.807) is 18.1 Å². The minimum absolute atomic E-state index is 0.0877. The first-order valence-electron chi connectivity index (χ1n) is 18.7. The molecule has 10 nitrogen and oxygen atoms in total. The average molecular weight is 706 g/mol. The van der Waals surface area contributed by atoms with Gasteiger partial charge in [-0.3, -0.25) is 24.2 Å². The van der Waals surface area contributed by atoms with E-state index in [9.17, 15) is 14.4 Å². The van der Waals surface area contributed by atoms with Crippen molar-refractivity contribution in [2.24, 2.45) is 5.92 Å². The van der Waals surface area contributed by atoms with Gasteiger partial charge < -0.3 is 24.3 Å². The van der Waals surface area contributed by atoms with Crippen LogP contribution in [0.4, 0.5) is 0 Å². The molecule has 11 heteroatoms. The fourth-order valence-corrected chi connectivity index (χ4v) is 8.79. The highest BCUT2D eigenvalue weighted by Crippen LogP contribution is 2.32. The lowest BCUT2D eigenvalue weighted by molar-refractivity contribution is -0.134. The number of aryl methyl sites for hydroxylation is 1. The van der Waals surface area contributed by atoms with Crippen molar-refractivity contribution in [2.75, 3.05) is 52.9 Å². The number of fused-ring (bicyclic) bond motifs is 3. The Morgan fingerprint density at radius 2 is 1.70 bits per heavy atom. The van der Waals surface area contributed by atoms with E-state index in [-0.39, 0.29) is 35.4 Å². The Morgan fingerprint density at radius 1 is 0.960 bits per heavy atom. The second-order valence-corrected chi connectivity index (χ2v) is 15.8. The van der Waals surface area contributed by atoms with Crippen LogP contribution >= 0.6 is 11.3 Å². The molecule has 3 aliphatic heterocycles. The first kappa shape index (κ1) is 36.4. The topological polar surface area (TPSA) is 98.6 Å². The number of amides is 3. The van der Waals surface area contributed by atoms with Crippen LogP contribution < -0.4 is 10.1 Å². The number of piperidine rings is 1. The van der Waals surface area contributed by atoms with E-state index >= 15 is 0 Å². The molecule has 2 bridgehead atoms. The lowest BCUT2D eigenvalue weighted by Gasteiger charge is -2.31. The van der Waals surface area contributed by atoms with Gasteiger partial charge in [0.1, 0.15) is 17.4 Å². The Hall–Kier alpha value is -3.41. The number of thiophene rings is 1. The summed E-state index contributed by atoms with van der Waals surface area (Å²) in [5, 5.41) is 6.29. The number of carbonyl (C=O) groups excluding carboxylic acids is 3. The molecule has 5 heterocycles. The number of benzene rings is 1. The molecule has 3 aromatic rings. The molecule has 0 aliphatic carbocycles. The zero-order valence-electron chi connectivity index (χ0n) is 30.4. The van der Waals surface area contributed by atoms with E-state index in [1.807, 2.05) is 35.3 Å². The maximum Gasteiger partial charge on any atom is 0.290 e. The highest BCUT2D eigenvalue weighted by atomic mass is 32.1. The van der Waals surface area contributed by atoms with E-state index in [4.69, 9.17) is 9.15 Å². The van der Waals surface area contributed by atoms with Gasteiger partial charge in [0.25, 0.3) is 5.91 Å². The summed E-state index contributed by atoms with van der Waals surface area (Å²) in [5.41, 5.74) is 2.72. The van der Waals surface area contributed by atoms with Gasteiger partial charge in [-0.25, -0.2) is 0 Å². The molecule has 2 aromatic heterocycles. The summed E-state index contributed by atoms with van der Waals surface area (Å²) in [6.07, 6.45) is 7.45. The fourth-order valence-electron chi connectivity index (χ4n) is 7.87. The number of nitrogens with one attached hydrogen (secondary N) is 1. The summed E-state index contributed by atoms with van der Waals surface area (Å²) in [6, 6.07) is 6.97. The molecule has 50 heavy (non-hydrogen) atoms. The molecule has 0 radical (unpaired) electrons. The molecule has 3 saturated heterocycles. The standard InChI is InChI=1S/C39H55N5O5S/c1-27(2)19-36(45)43-18-10-17-42(25-32-20-29(26-50-32)23-41-14-7-5-8-15-41)16-9-6-13-40-38(46)34-21-30(43)24-44(34)39(47)37-28(3)33-12-11-31(48-4)22-35(33)49-37/h11-12,20,22,26-27,30,34H,5-10,13-19,21,23-25H2,1-4H3,(H,40,46)/t30-,34-/m0/s1. The van der Waals surface area contributed by atoms with Crippen molar-refractivity contribution < 1.29 is 23.5 Å². The monoisotopic (exact) mass is 705 g/mol. The van der Waals surface area contributed by atoms with E-state index in [1.165, 1.54) is 42.8 Å². The van der Waals surface area contributed by atoms with E-state index in [0.29, 0.717) is 43.8 Å². The van der Waals surface area contributed by atoms with Gasteiger partial charge >= 0.3 is 0 Å². The summed E-state index contributed by atoms with van der Waals surface area (Å²) < 4.78 is 11.5. The second kappa shape index (κ2) is 16.7. The third kappa shape index (κ3) is 8.72. The summed E-state index contributed by atoms with van der Waals surface area (Å²) >= 11 is 1.85. The van der Waals surface area contributed by atoms with E-state index in [0.717, 1.165) is 56.4 Å². The first-order chi connectivity index (χ1) is 24.2. The molecule has 3 amide bonds. The minimum atomic E-state index is -0.679. The summed E-state index contributed by atoms with van der Waals surface area (Å²) in [5.74, 6) is 0.687. The average Bonchev–Trinajstić information content (AvgIpc) is 3.83. The molecule has 3 fully saturated rings. The number of furan rings is 1. The molecular weight excluding hydrogens is 651 g/mol. The van der Waals surface area contributed by atoms with Crippen LogP contribution in [-0.2, 0) is 22.7 Å². The lowest BCUT2D eigenvalue weighted by atomic mass is 10.1. The highest BCUT2D eigenvalue weighted by Gasteiger charge is 2.44. The van der Waals surface area contributed by atoms with Crippen molar-refractivity contribution in [1.29, 1.82) is 0 Å². The molecule has 272 valence electrons. The SMILES string of the molecule is COc1ccc2c(C)c(C(=O)N3C[C@@H]4C[C@H]3C(=O)NCCCCN(Cc3cc(CN5CCCCC5)cs3)CCCN4C(=O)CC(C)C)oc2c1. The fraction of sp³-hybridized carbons (Fsp3) is 0.615. The van der Waals surface area contributed by atoms with Crippen LogP contribution in [0.3, 0.4) is 0 Å². The van der Waals surface area contributed by atoms with Crippen LogP contribution in [0.1, 0.15) is 91.8 Å². The van der Waals surface area contributed by atoms with Gasteiger partial charge in [0, 0.05) is 67.6 Å². The van der Waals surface area contributed by atoms with Crippen molar-refractivity contribution in [3.05, 3.63) is 51.4 Å². The summed E-state index contributed by atoms with van der Waals surface area (Å²) in [7, 11) is 1.59. The van der Waals surface area contributed by atoms with Gasteiger partial charge in [0.05, 0.1) is 13.2 Å². The van der Waals surface area contributed by atoms with Gasteiger partial charge in [-0.05, 0) is 100 Å². The quantitative estimate of drug-likeness (QED) is 0.305. The largest absolute Gasteiger partial charge is 0.497 e. The number of carbonyl (C=O) groups is 3. The van der Waals surface area contributed by atoms with Crippen LogP contribution in [0.25, 0.3) is 11.0 Å². The molecule has 0 saturated carbocycles. The van der Waals surface area contributed by atoms with Gasteiger partial charge in [-0.1, -0.05) is 20.3 Å².